The highest BCUT2D eigenvalue weighted by Gasteiger charge is 2.10. The Morgan fingerprint density at radius 1 is 1.20 bits per heavy atom. The third kappa shape index (κ3) is 4.59. The largest absolute Gasteiger partial charge is 0.496 e. The Hall–Kier alpha value is -1.44. The van der Waals surface area contributed by atoms with Crippen LogP contribution in [0.4, 0.5) is 0 Å². The molecule has 0 aliphatic rings. The number of methoxy groups -OCH3 is 1. The molecule has 0 bridgehead atoms. The van der Waals surface area contributed by atoms with E-state index in [0.29, 0.717) is 5.92 Å². The molecule has 112 valence electrons. The third-order valence-corrected chi connectivity index (χ3v) is 3.62. The van der Waals surface area contributed by atoms with Gasteiger partial charge in [0.25, 0.3) is 0 Å². The first-order valence-electron chi connectivity index (χ1n) is 7.60. The van der Waals surface area contributed by atoms with Crippen molar-refractivity contribution < 1.29 is 9.47 Å². The van der Waals surface area contributed by atoms with Crippen molar-refractivity contribution in [1.82, 2.24) is 0 Å². The maximum absolute atomic E-state index is 6.04. The molecule has 2 heteroatoms. The first-order valence-corrected chi connectivity index (χ1v) is 7.60. The van der Waals surface area contributed by atoms with Gasteiger partial charge < -0.3 is 9.47 Å². The quantitative estimate of drug-likeness (QED) is 0.646. The molecule has 0 fully saturated rings. The topological polar surface area (TPSA) is 18.5 Å². The Morgan fingerprint density at radius 2 is 1.95 bits per heavy atom. The number of benzene rings is 1. The van der Waals surface area contributed by atoms with Crippen LogP contribution in [-0.2, 0) is 0 Å². The molecule has 0 saturated carbocycles. The van der Waals surface area contributed by atoms with Crippen LogP contribution in [0.3, 0.4) is 0 Å². The van der Waals surface area contributed by atoms with Gasteiger partial charge >= 0.3 is 0 Å². The van der Waals surface area contributed by atoms with E-state index < -0.39 is 0 Å². The summed E-state index contributed by atoms with van der Waals surface area (Å²) < 4.78 is 11.5. The minimum atomic E-state index is 0.645. The second kappa shape index (κ2) is 8.68. The van der Waals surface area contributed by atoms with Gasteiger partial charge in [-0.05, 0) is 43.9 Å². The van der Waals surface area contributed by atoms with Gasteiger partial charge in [-0.15, -0.1) is 0 Å². The van der Waals surface area contributed by atoms with Crippen molar-refractivity contribution in [3.63, 3.8) is 0 Å². The van der Waals surface area contributed by atoms with E-state index in [2.05, 4.69) is 32.9 Å². The standard InChI is InChI=1S/C18H28O2/c1-6-9-15(8-3)13-20-17-12-16(10-7-2)18(19-5)11-14(17)4/h7,10-12,15H,6,8-9,13H2,1-5H3. The Morgan fingerprint density at radius 3 is 2.50 bits per heavy atom. The minimum Gasteiger partial charge on any atom is -0.496 e. The summed E-state index contributed by atoms with van der Waals surface area (Å²) in [5.74, 6) is 2.51. The fraction of sp³-hybridized carbons (Fsp3) is 0.556. The maximum atomic E-state index is 6.04. The molecule has 0 aliphatic heterocycles. The van der Waals surface area contributed by atoms with E-state index in [4.69, 9.17) is 9.47 Å². The second-order valence-corrected chi connectivity index (χ2v) is 5.23. The summed E-state index contributed by atoms with van der Waals surface area (Å²) in [6, 6.07) is 4.12. The van der Waals surface area contributed by atoms with Crippen LogP contribution in [0.15, 0.2) is 18.2 Å². The maximum Gasteiger partial charge on any atom is 0.126 e. The molecule has 2 nitrogen and oxygen atoms in total. The zero-order valence-electron chi connectivity index (χ0n) is 13.5. The van der Waals surface area contributed by atoms with Gasteiger partial charge in [0, 0.05) is 5.56 Å². The predicted molar refractivity (Wildman–Crippen MR) is 86.6 cm³/mol. The van der Waals surface area contributed by atoms with Crippen LogP contribution >= 0.6 is 0 Å². The van der Waals surface area contributed by atoms with E-state index in [9.17, 15) is 0 Å². The Labute approximate surface area is 123 Å². The Bertz CT molecular complexity index is 435. The lowest BCUT2D eigenvalue weighted by atomic mass is 10.0. The molecule has 1 rings (SSSR count). The van der Waals surface area contributed by atoms with E-state index in [-0.39, 0.29) is 0 Å². The smallest absolute Gasteiger partial charge is 0.126 e. The molecular weight excluding hydrogens is 248 g/mol. The Kier molecular flexibility index (Phi) is 7.21. The molecule has 0 aromatic heterocycles. The van der Waals surface area contributed by atoms with Crippen molar-refractivity contribution in [1.29, 1.82) is 0 Å². The highest BCUT2D eigenvalue weighted by Crippen LogP contribution is 2.30. The fourth-order valence-corrected chi connectivity index (χ4v) is 2.34. The van der Waals surface area contributed by atoms with Gasteiger partial charge in [-0.3, -0.25) is 0 Å². The molecule has 1 aromatic carbocycles. The van der Waals surface area contributed by atoms with E-state index in [1.54, 1.807) is 7.11 Å². The average Bonchev–Trinajstić information content (AvgIpc) is 2.45. The highest BCUT2D eigenvalue weighted by molar-refractivity contribution is 5.61. The molecule has 1 unspecified atom stereocenters. The van der Waals surface area contributed by atoms with Gasteiger partial charge in [-0.2, -0.15) is 0 Å². The molecule has 0 heterocycles. The van der Waals surface area contributed by atoms with Crippen LogP contribution in [0, 0.1) is 12.8 Å². The zero-order chi connectivity index (χ0) is 15.0. The van der Waals surface area contributed by atoms with Gasteiger partial charge in [0.2, 0.25) is 0 Å². The number of ether oxygens (including phenoxy) is 2. The zero-order valence-corrected chi connectivity index (χ0v) is 13.5. The van der Waals surface area contributed by atoms with E-state index in [1.165, 1.54) is 19.3 Å². The molecular formula is C18H28O2. The molecule has 20 heavy (non-hydrogen) atoms. The molecule has 0 aliphatic carbocycles. The summed E-state index contributed by atoms with van der Waals surface area (Å²) in [7, 11) is 1.71. The van der Waals surface area contributed by atoms with Gasteiger partial charge in [0.05, 0.1) is 13.7 Å². The molecule has 1 aromatic rings. The summed E-state index contributed by atoms with van der Waals surface area (Å²) in [6.07, 6.45) is 7.68. The minimum absolute atomic E-state index is 0.645. The lowest BCUT2D eigenvalue weighted by molar-refractivity contribution is 0.233. The van der Waals surface area contributed by atoms with Crippen molar-refractivity contribution in [3.05, 3.63) is 29.3 Å². The van der Waals surface area contributed by atoms with Crippen molar-refractivity contribution in [2.45, 2.75) is 47.0 Å². The van der Waals surface area contributed by atoms with Gasteiger partial charge in [-0.25, -0.2) is 0 Å². The Balaban J connectivity index is 2.86. The highest BCUT2D eigenvalue weighted by atomic mass is 16.5. The summed E-state index contributed by atoms with van der Waals surface area (Å²) in [5, 5.41) is 0. The number of aryl methyl sites for hydroxylation is 1. The van der Waals surface area contributed by atoms with Crippen molar-refractivity contribution in [3.8, 4) is 11.5 Å². The van der Waals surface area contributed by atoms with Crippen molar-refractivity contribution >= 4 is 6.08 Å². The van der Waals surface area contributed by atoms with Gasteiger partial charge in [0.15, 0.2) is 0 Å². The van der Waals surface area contributed by atoms with Crippen LogP contribution in [-0.4, -0.2) is 13.7 Å². The normalized spacial score (nSPS) is 12.7. The van der Waals surface area contributed by atoms with Crippen LogP contribution in [0.5, 0.6) is 11.5 Å². The molecule has 0 N–H and O–H groups in total. The van der Waals surface area contributed by atoms with E-state index >= 15 is 0 Å². The van der Waals surface area contributed by atoms with Crippen molar-refractivity contribution in [2.75, 3.05) is 13.7 Å². The molecule has 0 amide bonds. The van der Waals surface area contributed by atoms with Crippen molar-refractivity contribution in [2.24, 2.45) is 5.92 Å². The summed E-state index contributed by atoms with van der Waals surface area (Å²) in [6.45, 7) is 9.33. The van der Waals surface area contributed by atoms with E-state index in [1.807, 2.05) is 19.1 Å². The van der Waals surface area contributed by atoms with Crippen LogP contribution in [0.1, 0.15) is 51.2 Å². The summed E-state index contributed by atoms with van der Waals surface area (Å²) >= 11 is 0. The number of hydrogen-bond acceptors (Lipinski definition) is 2. The third-order valence-electron chi connectivity index (χ3n) is 3.62. The monoisotopic (exact) mass is 276 g/mol. The van der Waals surface area contributed by atoms with Gasteiger partial charge in [-0.1, -0.05) is 38.8 Å². The number of rotatable bonds is 8. The second-order valence-electron chi connectivity index (χ2n) is 5.23. The molecule has 0 radical (unpaired) electrons. The van der Waals surface area contributed by atoms with Crippen LogP contribution < -0.4 is 9.47 Å². The van der Waals surface area contributed by atoms with E-state index in [0.717, 1.165) is 29.2 Å². The molecule has 0 spiro atoms. The van der Waals surface area contributed by atoms with Crippen LogP contribution in [0.2, 0.25) is 0 Å². The lowest BCUT2D eigenvalue weighted by Crippen LogP contribution is -2.11. The molecule has 0 saturated heterocycles. The van der Waals surface area contributed by atoms with Gasteiger partial charge in [0.1, 0.15) is 11.5 Å². The SMILES string of the molecule is CC=Cc1cc(OCC(CC)CCC)c(C)cc1OC. The fourth-order valence-electron chi connectivity index (χ4n) is 2.34. The summed E-state index contributed by atoms with van der Waals surface area (Å²) in [5.41, 5.74) is 2.19. The number of allylic oxidation sites excluding steroid dienone is 1. The number of hydrogen-bond donors (Lipinski definition) is 0. The summed E-state index contributed by atoms with van der Waals surface area (Å²) in [4.78, 5) is 0. The predicted octanol–water partition coefficient (Wildman–Crippen LogP) is 5.24. The molecule has 1 atom stereocenters. The van der Waals surface area contributed by atoms with Crippen LogP contribution in [0.25, 0.3) is 6.08 Å². The first kappa shape index (κ1) is 16.6. The average molecular weight is 276 g/mol. The lowest BCUT2D eigenvalue weighted by Gasteiger charge is -2.17. The first-order chi connectivity index (χ1) is 9.65.